The van der Waals surface area contributed by atoms with E-state index >= 15 is 0 Å². The standard InChI is InChI=1S/C27H23ClF5N5O3/c28-17-14-16(34-27(39)15-3-5-19(20(13-15)38(40)41)35-7-1-2-8-35)4-6-18(17)36-9-11-37(12-10-36)26-24(32)22(30)21(29)23(31)25(26)33/h3-6,13-14H,1-2,7-12H2,(H,34,39). The van der Waals surface area contributed by atoms with E-state index in [0.29, 0.717) is 30.2 Å². The zero-order valence-corrected chi connectivity index (χ0v) is 22.2. The summed E-state index contributed by atoms with van der Waals surface area (Å²) in [5.41, 5.74) is 0.306. The zero-order valence-electron chi connectivity index (χ0n) is 21.4. The maximum atomic E-state index is 14.2. The number of amides is 1. The summed E-state index contributed by atoms with van der Waals surface area (Å²) in [6, 6.07) is 9.01. The highest BCUT2D eigenvalue weighted by Crippen LogP contribution is 2.35. The number of hydrogen-bond acceptors (Lipinski definition) is 6. The monoisotopic (exact) mass is 595 g/mol. The molecule has 2 aliphatic rings. The Morgan fingerprint density at radius 3 is 1.88 bits per heavy atom. The molecule has 2 heterocycles. The van der Waals surface area contributed by atoms with Crippen LogP contribution in [0.15, 0.2) is 36.4 Å². The fraction of sp³-hybridized carbons (Fsp3) is 0.296. The number of piperazine rings is 1. The summed E-state index contributed by atoms with van der Waals surface area (Å²) in [7, 11) is 0. The number of rotatable bonds is 6. The lowest BCUT2D eigenvalue weighted by atomic mass is 10.1. The molecule has 0 radical (unpaired) electrons. The van der Waals surface area contributed by atoms with Gasteiger partial charge in [-0.05, 0) is 43.2 Å². The lowest BCUT2D eigenvalue weighted by Crippen LogP contribution is -2.47. The Balaban J connectivity index is 1.27. The van der Waals surface area contributed by atoms with Gasteiger partial charge in [0.25, 0.3) is 11.6 Å². The van der Waals surface area contributed by atoms with Crippen molar-refractivity contribution in [3.05, 3.63) is 86.2 Å². The molecule has 0 unspecified atom stereocenters. The number of nitro groups is 1. The SMILES string of the molecule is O=C(Nc1ccc(N2CCN(c3c(F)c(F)c(F)c(F)c3F)CC2)c(Cl)c1)c1ccc(N2CCCC2)c([N+](=O)[O-])c1. The number of nitrogens with zero attached hydrogens (tertiary/aromatic N) is 4. The smallest absolute Gasteiger partial charge is 0.293 e. The van der Waals surface area contributed by atoms with Crippen molar-refractivity contribution >= 4 is 45.9 Å². The fourth-order valence-corrected chi connectivity index (χ4v) is 5.42. The molecule has 0 saturated carbocycles. The third-order valence-corrected chi connectivity index (χ3v) is 7.51. The molecule has 1 amide bonds. The summed E-state index contributed by atoms with van der Waals surface area (Å²) >= 11 is 6.45. The molecule has 0 bridgehead atoms. The molecule has 1 N–H and O–H groups in total. The van der Waals surface area contributed by atoms with Crippen LogP contribution in [0.2, 0.25) is 5.02 Å². The van der Waals surface area contributed by atoms with Gasteiger partial charge in [-0.3, -0.25) is 14.9 Å². The minimum atomic E-state index is -2.21. The van der Waals surface area contributed by atoms with Crippen molar-refractivity contribution in [1.82, 2.24) is 0 Å². The van der Waals surface area contributed by atoms with Gasteiger partial charge in [-0.25, -0.2) is 22.0 Å². The number of halogens is 6. The van der Waals surface area contributed by atoms with Crippen LogP contribution in [0.25, 0.3) is 0 Å². The van der Waals surface area contributed by atoms with E-state index in [9.17, 15) is 36.9 Å². The Kier molecular flexibility index (Phi) is 7.89. The van der Waals surface area contributed by atoms with Gasteiger partial charge in [-0.1, -0.05) is 11.6 Å². The molecule has 0 aliphatic carbocycles. The van der Waals surface area contributed by atoms with E-state index in [2.05, 4.69) is 5.32 Å². The Bertz CT molecular complexity index is 1500. The Hall–Kier alpha value is -4.13. The molecule has 3 aromatic carbocycles. The van der Waals surface area contributed by atoms with Crippen molar-refractivity contribution in [3.63, 3.8) is 0 Å². The molecule has 8 nitrogen and oxygen atoms in total. The summed E-state index contributed by atoms with van der Waals surface area (Å²) in [6.45, 7) is 1.67. The lowest BCUT2D eigenvalue weighted by molar-refractivity contribution is -0.384. The van der Waals surface area contributed by atoms with Gasteiger partial charge in [0.15, 0.2) is 23.3 Å². The highest BCUT2D eigenvalue weighted by Gasteiger charge is 2.31. The average molecular weight is 596 g/mol. The topological polar surface area (TPSA) is 82.0 Å². The van der Waals surface area contributed by atoms with Crippen LogP contribution in [0.3, 0.4) is 0 Å². The Labute approximate surface area is 236 Å². The van der Waals surface area contributed by atoms with Crippen molar-refractivity contribution in [2.75, 3.05) is 59.3 Å². The van der Waals surface area contributed by atoms with Gasteiger partial charge >= 0.3 is 0 Å². The van der Waals surface area contributed by atoms with Gasteiger partial charge in [0.2, 0.25) is 5.82 Å². The molecule has 2 fully saturated rings. The predicted molar refractivity (Wildman–Crippen MR) is 145 cm³/mol. The summed E-state index contributed by atoms with van der Waals surface area (Å²) in [6.07, 6.45) is 1.88. The molecule has 0 atom stereocenters. The minimum absolute atomic E-state index is 0.0423. The first-order valence-electron chi connectivity index (χ1n) is 12.7. The van der Waals surface area contributed by atoms with E-state index in [1.807, 2.05) is 4.90 Å². The van der Waals surface area contributed by atoms with Crippen molar-refractivity contribution in [3.8, 4) is 0 Å². The first-order valence-corrected chi connectivity index (χ1v) is 13.1. The molecule has 3 aromatic rings. The number of anilines is 4. The van der Waals surface area contributed by atoms with Crippen molar-refractivity contribution in [2.45, 2.75) is 12.8 Å². The quantitative estimate of drug-likeness (QED) is 0.122. The maximum Gasteiger partial charge on any atom is 0.293 e. The van der Waals surface area contributed by atoms with Gasteiger partial charge in [0.1, 0.15) is 11.4 Å². The second-order valence-electron chi connectivity index (χ2n) is 9.67. The molecule has 0 spiro atoms. The third-order valence-electron chi connectivity index (χ3n) is 7.21. The summed E-state index contributed by atoms with van der Waals surface area (Å²) in [5.74, 6) is -10.5. The van der Waals surface area contributed by atoms with Crippen LogP contribution in [0.4, 0.5) is 50.4 Å². The highest BCUT2D eigenvalue weighted by atomic mass is 35.5. The average Bonchev–Trinajstić information content (AvgIpc) is 3.50. The number of carbonyl (C=O) groups excluding carboxylic acids is 1. The van der Waals surface area contributed by atoms with Crippen LogP contribution >= 0.6 is 11.6 Å². The number of hydrogen-bond donors (Lipinski definition) is 1. The van der Waals surface area contributed by atoms with Gasteiger partial charge < -0.3 is 20.0 Å². The van der Waals surface area contributed by atoms with E-state index < -0.39 is 45.6 Å². The fourth-order valence-electron chi connectivity index (χ4n) is 5.12. The third kappa shape index (κ3) is 5.45. The molecular weight excluding hydrogens is 573 g/mol. The van der Waals surface area contributed by atoms with Crippen LogP contribution in [0, 0.1) is 39.2 Å². The zero-order chi connectivity index (χ0) is 29.4. The van der Waals surface area contributed by atoms with Crippen LogP contribution in [-0.4, -0.2) is 50.1 Å². The summed E-state index contributed by atoms with van der Waals surface area (Å²) < 4.78 is 69.2. The first kappa shape index (κ1) is 28.4. The van der Waals surface area contributed by atoms with Crippen LogP contribution in [0.5, 0.6) is 0 Å². The Morgan fingerprint density at radius 2 is 1.29 bits per heavy atom. The molecule has 0 aromatic heterocycles. The van der Waals surface area contributed by atoms with Crippen LogP contribution in [0.1, 0.15) is 23.2 Å². The number of carbonyl (C=O) groups is 1. The predicted octanol–water partition coefficient (Wildman–Crippen LogP) is 6.12. The van der Waals surface area contributed by atoms with Gasteiger partial charge in [0.05, 0.1) is 15.6 Å². The van der Waals surface area contributed by atoms with Gasteiger partial charge in [0, 0.05) is 56.6 Å². The second-order valence-corrected chi connectivity index (χ2v) is 10.1. The lowest BCUT2D eigenvalue weighted by Gasteiger charge is -2.38. The van der Waals surface area contributed by atoms with Crippen molar-refractivity contribution < 1.29 is 31.7 Å². The van der Waals surface area contributed by atoms with Gasteiger partial charge in [-0.2, -0.15) is 0 Å². The minimum Gasteiger partial charge on any atom is -0.367 e. The molecule has 2 saturated heterocycles. The number of nitro benzene ring substituents is 1. The van der Waals surface area contributed by atoms with E-state index in [1.54, 1.807) is 23.1 Å². The summed E-state index contributed by atoms with van der Waals surface area (Å²) in [5, 5.41) is 14.6. The first-order chi connectivity index (χ1) is 19.6. The van der Waals surface area contributed by atoms with E-state index in [1.165, 1.54) is 18.2 Å². The van der Waals surface area contributed by atoms with Crippen molar-refractivity contribution in [2.24, 2.45) is 0 Å². The van der Waals surface area contributed by atoms with Gasteiger partial charge in [-0.15, -0.1) is 0 Å². The summed E-state index contributed by atoms with van der Waals surface area (Å²) in [4.78, 5) is 28.8. The molecule has 5 rings (SSSR count). The molecule has 216 valence electrons. The second kappa shape index (κ2) is 11.4. The Morgan fingerprint density at radius 1 is 0.756 bits per heavy atom. The number of nitrogens with one attached hydrogen (secondary N) is 1. The normalized spacial score (nSPS) is 15.4. The maximum absolute atomic E-state index is 14.2. The molecule has 41 heavy (non-hydrogen) atoms. The molecule has 2 aliphatic heterocycles. The largest absolute Gasteiger partial charge is 0.367 e. The molecule has 14 heteroatoms. The van der Waals surface area contributed by atoms with Crippen LogP contribution < -0.4 is 20.0 Å². The number of benzene rings is 3. The van der Waals surface area contributed by atoms with Crippen molar-refractivity contribution in [1.29, 1.82) is 0 Å². The highest BCUT2D eigenvalue weighted by molar-refractivity contribution is 6.33. The van der Waals surface area contributed by atoms with Crippen LogP contribution in [-0.2, 0) is 0 Å². The van der Waals surface area contributed by atoms with E-state index in [-0.39, 0.29) is 42.5 Å². The van der Waals surface area contributed by atoms with E-state index in [4.69, 9.17) is 11.6 Å². The molecular formula is C27H23ClF5N5O3. The van der Waals surface area contributed by atoms with E-state index in [0.717, 1.165) is 17.7 Å².